The van der Waals surface area contributed by atoms with Crippen LogP contribution in [0, 0.1) is 0 Å². The van der Waals surface area contributed by atoms with E-state index in [9.17, 15) is 13.6 Å². The molecule has 5 nitrogen and oxygen atoms in total. The predicted molar refractivity (Wildman–Crippen MR) is 37.0 cm³/mol. The van der Waals surface area contributed by atoms with Gasteiger partial charge in [-0.05, 0) is 0 Å². The Morgan fingerprint density at radius 1 is 1.69 bits per heavy atom. The zero-order chi connectivity index (χ0) is 9.68. The van der Waals surface area contributed by atoms with Crippen molar-refractivity contribution in [3.63, 3.8) is 0 Å². The number of alkyl halides is 2. The number of halogens is 2. The van der Waals surface area contributed by atoms with Crippen molar-refractivity contribution in [1.29, 1.82) is 0 Å². The van der Waals surface area contributed by atoms with E-state index in [0.717, 1.165) is 0 Å². The molecule has 0 bridgehead atoms. The second kappa shape index (κ2) is 4.48. The summed E-state index contributed by atoms with van der Waals surface area (Å²) in [6.07, 6.45) is -1.54. The fraction of sp³-hybridized carbons (Fsp3) is 0.500. The lowest BCUT2D eigenvalue weighted by molar-refractivity contribution is -0.131. The molecule has 0 aliphatic carbocycles. The molecule has 1 N–H and O–H groups in total. The van der Waals surface area contributed by atoms with Gasteiger partial charge in [-0.3, -0.25) is 4.79 Å². The fourth-order valence-electron chi connectivity index (χ4n) is 0.676. The Bertz CT molecular complexity index is 263. The Balaban J connectivity index is 2.18. The van der Waals surface area contributed by atoms with Crippen LogP contribution in [0.4, 0.5) is 8.78 Å². The van der Waals surface area contributed by atoms with E-state index in [1.54, 1.807) is 0 Å². The van der Waals surface area contributed by atoms with Crippen molar-refractivity contribution >= 4 is 5.91 Å². The third-order valence-electron chi connectivity index (χ3n) is 1.24. The third kappa shape index (κ3) is 3.14. The summed E-state index contributed by atoms with van der Waals surface area (Å²) < 4.78 is 27.8. The van der Waals surface area contributed by atoms with Crippen molar-refractivity contribution in [2.24, 2.45) is 0 Å². The smallest absolute Gasteiger partial charge is 0.315 e. The molecule has 0 aliphatic heterocycles. The van der Waals surface area contributed by atoms with E-state index in [0.29, 0.717) is 5.89 Å². The molecule has 0 saturated heterocycles. The Labute approximate surface area is 72.1 Å². The fourth-order valence-corrected chi connectivity index (χ4v) is 0.676. The van der Waals surface area contributed by atoms with Crippen LogP contribution in [-0.2, 0) is 11.2 Å². The Morgan fingerprint density at radius 2 is 2.46 bits per heavy atom. The van der Waals surface area contributed by atoms with E-state index in [-0.39, 0.29) is 13.0 Å². The minimum absolute atomic E-state index is 0.0609. The highest BCUT2D eigenvalue weighted by Gasteiger charge is 2.13. The molecule has 1 aromatic heterocycles. The highest BCUT2D eigenvalue weighted by Crippen LogP contribution is 1.93. The van der Waals surface area contributed by atoms with Gasteiger partial charge in [0.2, 0.25) is 5.89 Å². The molecule has 0 aliphatic rings. The van der Waals surface area contributed by atoms with Gasteiger partial charge in [0.15, 0.2) is 6.33 Å². The van der Waals surface area contributed by atoms with Crippen molar-refractivity contribution in [2.45, 2.75) is 12.8 Å². The van der Waals surface area contributed by atoms with Crippen LogP contribution in [-0.4, -0.2) is 29.0 Å². The van der Waals surface area contributed by atoms with Gasteiger partial charge in [-0.1, -0.05) is 5.16 Å². The zero-order valence-electron chi connectivity index (χ0n) is 6.54. The van der Waals surface area contributed by atoms with Crippen molar-refractivity contribution in [1.82, 2.24) is 15.5 Å². The van der Waals surface area contributed by atoms with E-state index in [4.69, 9.17) is 0 Å². The number of amides is 1. The predicted octanol–water partition coefficient (Wildman–Crippen LogP) is -0.00660. The maximum Gasteiger partial charge on any atom is 0.315 e. The van der Waals surface area contributed by atoms with Crippen LogP contribution in [0.5, 0.6) is 0 Å². The molecule has 13 heavy (non-hydrogen) atoms. The van der Waals surface area contributed by atoms with E-state index in [1.165, 1.54) is 6.33 Å². The summed E-state index contributed by atoms with van der Waals surface area (Å²) in [7, 11) is 0. The first-order chi connectivity index (χ1) is 6.20. The maximum atomic E-state index is 11.6. The third-order valence-corrected chi connectivity index (χ3v) is 1.24. The van der Waals surface area contributed by atoms with Gasteiger partial charge >= 0.3 is 6.43 Å². The van der Waals surface area contributed by atoms with Crippen LogP contribution in [0.3, 0.4) is 0 Å². The molecule has 0 unspecified atom stereocenters. The minimum Gasteiger partial charge on any atom is -0.351 e. The largest absolute Gasteiger partial charge is 0.351 e. The van der Waals surface area contributed by atoms with Crippen LogP contribution in [0.1, 0.15) is 5.89 Å². The Hall–Kier alpha value is -1.53. The summed E-state index contributed by atoms with van der Waals surface area (Å²) in [5.41, 5.74) is 0. The van der Waals surface area contributed by atoms with Gasteiger partial charge in [0, 0.05) is 13.0 Å². The zero-order valence-corrected chi connectivity index (χ0v) is 6.54. The van der Waals surface area contributed by atoms with Crippen molar-refractivity contribution in [2.75, 3.05) is 6.54 Å². The average molecular weight is 191 g/mol. The molecular formula is C6H7F2N3O2. The lowest BCUT2D eigenvalue weighted by atomic mass is 10.4. The number of aromatic nitrogens is 2. The average Bonchev–Trinajstić information content (AvgIpc) is 2.56. The number of carbonyl (C=O) groups excluding carboxylic acids is 1. The van der Waals surface area contributed by atoms with E-state index >= 15 is 0 Å². The van der Waals surface area contributed by atoms with E-state index in [2.05, 4.69) is 14.7 Å². The highest BCUT2D eigenvalue weighted by molar-refractivity contribution is 5.78. The standard InChI is InChI=1S/C6H7F2N3O2/c7-5(8)6(12)9-2-1-4-10-3-11-13-4/h3,5H,1-2H2,(H,9,12). The first kappa shape index (κ1) is 9.56. The lowest BCUT2D eigenvalue weighted by Gasteiger charge is -2.00. The van der Waals surface area contributed by atoms with Crippen LogP contribution in [0.15, 0.2) is 10.9 Å². The van der Waals surface area contributed by atoms with Crippen LogP contribution in [0.2, 0.25) is 0 Å². The van der Waals surface area contributed by atoms with Crippen molar-refractivity contribution < 1.29 is 18.1 Å². The van der Waals surface area contributed by atoms with E-state index in [1.807, 2.05) is 5.32 Å². The van der Waals surface area contributed by atoms with Crippen molar-refractivity contribution in [3.8, 4) is 0 Å². The van der Waals surface area contributed by atoms with Gasteiger partial charge in [0.05, 0.1) is 0 Å². The quantitative estimate of drug-likeness (QED) is 0.726. The van der Waals surface area contributed by atoms with Gasteiger partial charge in [0.1, 0.15) is 0 Å². The highest BCUT2D eigenvalue weighted by atomic mass is 19.3. The number of hydrogen-bond donors (Lipinski definition) is 1. The van der Waals surface area contributed by atoms with Gasteiger partial charge in [-0.25, -0.2) is 0 Å². The molecule has 0 saturated carbocycles. The molecule has 1 aromatic rings. The molecular weight excluding hydrogens is 184 g/mol. The molecule has 0 radical (unpaired) electrons. The first-order valence-corrected chi connectivity index (χ1v) is 3.51. The van der Waals surface area contributed by atoms with Gasteiger partial charge < -0.3 is 9.84 Å². The number of nitrogens with zero attached hydrogens (tertiary/aromatic N) is 2. The van der Waals surface area contributed by atoms with Gasteiger partial charge in [-0.15, -0.1) is 0 Å². The number of carbonyl (C=O) groups is 1. The van der Waals surface area contributed by atoms with Crippen molar-refractivity contribution in [3.05, 3.63) is 12.2 Å². The summed E-state index contributed by atoms with van der Waals surface area (Å²) >= 11 is 0. The lowest BCUT2D eigenvalue weighted by Crippen LogP contribution is -2.31. The maximum absolute atomic E-state index is 11.6. The van der Waals surface area contributed by atoms with Crippen LogP contribution < -0.4 is 5.32 Å². The molecule has 0 aromatic carbocycles. The summed E-state index contributed by atoms with van der Waals surface area (Å²) in [6, 6.07) is 0. The minimum atomic E-state index is -2.98. The summed E-state index contributed by atoms with van der Waals surface area (Å²) in [4.78, 5) is 14.0. The molecule has 0 fully saturated rings. The van der Waals surface area contributed by atoms with Gasteiger partial charge in [0.25, 0.3) is 5.91 Å². The Kier molecular flexibility index (Phi) is 3.30. The van der Waals surface area contributed by atoms with Crippen LogP contribution in [0.25, 0.3) is 0 Å². The topological polar surface area (TPSA) is 68.0 Å². The number of rotatable bonds is 4. The number of nitrogens with one attached hydrogen (secondary N) is 1. The molecule has 1 rings (SSSR count). The van der Waals surface area contributed by atoms with Gasteiger partial charge in [-0.2, -0.15) is 13.8 Å². The normalized spacial score (nSPS) is 10.4. The molecule has 0 spiro atoms. The second-order valence-electron chi connectivity index (χ2n) is 2.18. The molecule has 72 valence electrons. The molecule has 1 heterocycles. The van der Waals surface area contributed by atoms with E-state index < -0.39 is 12.3 Å². The summed E-state index contributed by atoms with van der Waals surface area (Å²) in [6.45, 7) is 0.0609. The monoisotopic (exact) mass is 191 g/mol. The summed E-state index contributed by atoms with van der Waals surface area (Å²) in [5.74, 6) is -0.992. The second-order valence-corrected chi connectivity index (χ2v) is 2.18. The SMILES string of the molecule is O=C(NCCc1ncno1)C(F)F. The Morgan fingerprint density at radius 3 is 3.00 bits per heavy atom. The van der Waals surface area contributed by atoms with Crippen LogP contribution >= 0.6 is 0 Å². The number of hydrogen-bond acceptors (Lipinski definition) is 4. The summed E-state index contributed by atoms with van der Waals surface area (Å²) in [5, 5.41) is 5.31. The first-order valence-electron chi connectivity index (χ1n) is 3.51. The molecule has 1 amide bonds. The molecule has 7 heteroatoms. The molecule has 0 atom stereocenters.